The maximum atomic E-state index is 14.1. The number of nitrogens with zero attached hydrogens (tertiary/aromatic N) is 6. The number of imidazole rings is 1. The fourth-order valence-corrected chi connectivity index (χ4v) is 4.54. The first kappa shape index (κ1) is 25.1. The lowest BCUT2D eigenvalue weighted by Crippen LogP contribution is -2.37. The molecule has 198 valence electrons. The van der Waals surface area contributed by atoms with Gasteiger partial charge in [-0.3, -0.25) is 4.57 Å². The van der Waals surface area contributed by atoms with Crippen LogP contribution in [0.2, 0.25) is 0 Å². The number of ether oxygens (including phenoxy) is 2. The molecule has 1 atom stereocenters. The van der Waals surface area contributed by atoms with Crippen molar-refractivity contribution >= 4 is 28.9 Å². The number of halogens is 2. The van der Waals surface area contributed by atoms with Crippen LogP contribution >= 0.6 is 0 Å². The number of anilines is 2. The number of hydrogen-bond acceptors (Lipinski definition) is 8. The highest BCUT2D eigenvalue weighted by atomic mass is 19.3. The SMILES string of the molecule is CC(C)(C)OC(=O)N1CC[C@@H](Nc2nc(N3CCOCC3)cc(-n3c(C(F)F)nc4ccccc43)n2)C1. The molecule has 37 heavy (non-hydrogen) atoms. The molecule has 0 aliphatic carbocycles. The molecule has 2 aromatic heterocycles. The van der Waals surface area contributed by atoms with Crippen LogP contribution in [0.1, 0.15) is 39.4 Å². The molecule has 10 nitrogen and oxygen atoms in total. The Labute approximate surface area is 213 Å². The van der Waals surface area contributed by atoms with Crippen molar-refractivity contribution in [2.24, 2.45) is 0 Å². The summed E-state index contributed by atoms with van der Waals surface area (Å²) in [5, 5.41) is 3.32. The molecule has 0 spiro atoms. The molecular weight excluding hydrogens is 484 g/mol. The van der Waals surface area contributed by atoms with Gasteiger partial charge in [-0.2, -0.15) is 9.97 Å². The van der Waals surface area contributed by atoms with E-state index in [1.807, 2.05) is 25.7 Å². The van der Waals surface area contributed by atoms with Gasteiger partial charge in [-0.25, -0.2) is 18.6 Å². The lowest BCUT2D eigenvalue weighted by Gasteiger charge is -2.28. The number of alkyl halides is 2. The number of hydrogen-bond donors (Lipinski definition) is 1. The number of para-hydroxylation sites is 2. The van der Waals surface area contributed by atoms with Crippen LogP contribution < -0.4 is 10.2 Å². The summed E-state index contributed by atoms with van der Waals surface area (Å²) in [4.78, 5) is 29.7. The van der Waals surface area contributed by atoms with Crippen molar-refractivity contribution in [3.8, 4) is 5.82 Å². The quantitative estimate of drug-likeness (QED) is 0.545. The van der Waals surface area contributed by atoms with E-state index >= 15 is 0 Å². The van der Waals surface area contributed by atoms with E-state index in [1.165, 1.54) is 4.57 Å². The average molecular weight is 516 g/mol. The van der Waals surface area contributed by atoms with Crippen molar-refractivity contribution in [1.29, 1.82) is 0 Å². The van der Waals surface area contributed by atoms with Gasteiger partial charge in [0, 0.05) is 38.3 Å². The van der Waals surface area contributed by atoms with Crippen LogP contribution in [-0.4, -0.2) is 81.5 Å². The van der Waals surface area contributed by atoms with Crippen molar-refractivity contribution < 1.29 is 23.0 Å². The highest BCUT2D eigenvalue weighted by molar-refractivity contribution is 5.78. The molecule has 2 aliphatic rings. The molecule has 1 amide bonds. The molecule has 3 aromatic rings. The summed E-state index contributed by atoms with van der Waals surface area (Å²) < 4.78 is 40.5. The summed E-state index contributed by atoms with van der Waals surface area (Å²) in [5.74, 6) is 0.824. The maximum Gasteiger partial charge on any atom is 0.410 e. The van der Waals surface area contributed by atoms with Crippen LogP contribution in [0.5, 0.6) is 0 Å². The third-order valence-corrected chi connectivity index (χ3v) is 6.22. The van der Waals surface area contributed by atoms with E-state index in [-0.39, 0.29) is 18.0 Å². The van der Waals surface area contributed by atoms with E-state index in [0.29, 0.717) is 74.4 Å². The van der Waals surface area contributed by atoms with Gasteiger partial charge in [0.25, 0.3) is 6.43 Å². The Morgan fingerprint density at radius 3 is 2.57 bits per heavy atom. The average Bonchev–Trinajstić information content (AvgIpc) is 3.48. The number of carbonyl (C=O) groups is 1. The summed E-state index contributed by atoms with van der Waals surface area (Å²) in [5.41, 5.74) is 0.415. The van der Waals surface area contributed by atoms with Gasteiger partial charge in [0.15, 0.2) is 5.82 Å². The second kappa shape index (κ2) is 10.1. The lowest BCUT2D eigenvalue weighted by atomic mass is 10.2. The van der Waals surface area contributed by atoms with Gasteiger partial charge >= 0.3 is 6.09 Å². The molecule has 1 N–H and O–H groups in total. The maximum absolute atomic E-state index is 14.1. The third kappa shape index (κ3) is 5.58. The van der Waals surface area contributed by atoms with Crippen LogP contribution in [0.15, 0.2) is 30.3 Å². The Kier molecular flexibility index (Phi) is 6.84. The number of amides is 1. The minimum atomic E-state index is -2.79. The fourth-order valence-electron chi connectivity index (χ4n) is 4.54. The first-order valence-electron chi connectivity index (χ1n) is 12.4. The molecule has 2 aliphatic heterocycles. The minimum absolute atomic E-state index is 0.116. The van der Waals surface area contributed by atoms with Gasteiger partial charge in [-0.1, -0.05) is 12.1 Å². The number of carbonyl (C=O) groups excluding carboxylic acids is 1. The first-order chi connectivity index (χ1) is 17.7. The van der Waals surface area contributed by atoms with E-state index in [9.17, 15) is 13.6 Å². The van der Waals surface area contributed by atoms with Crippen LogP contribution in [0, 0.1) is 0 Å². The number of nitrogens with one attached hydrogen (secondary N) is 1. The van der Waals surface area contributed by atoms with E-state index < -0.39 is 12.0 Å². The van der Waals surface area contributed by atoms with Gasteiger partial charge in [0.2, 0.25) is 5.95 Å². The second-order valence-corrected chi connectivity index (χ2v) is 10.2. The van der Waals surface area contributed by atoms with Gasteiger partial charge in [0.05, 0.1) is 24.2 Å². The predicted octanol–water partition coefficient (Wildman–Crippen LogP) is 4.01. The fraction of sp³-hybridized carbons (Fsp3) is 0.520. The Morgan fingerprint density at radius 1 is 1.11 bits per heavy atom. The number of likely N-dealkylation sites (tertiary alicyclic amines) is 1. The highest BCUT2D eigenvalue weighted by Crippen LogP contribution is 2.29. The normalized spacial score (nSPS) is 18.6. The number of aromatic nitrogens is 4. The van der Waals surface area contributed by atoms with Crippen LogP contribution in [0.4, 0.5) is 25.3 Å². The van der Waals surface area contributed by atoms with Crippen molar-refractivity contribution in [2.75, 3.05) is 49.6 Å². The number of fused-ring (bicyclic) bond motifs is 1. The highest BCUT2D eigenvalue weighted by Gasteiger charge is 2.31. The summed E-state index contributed by atoms with van der Waals surface area (Å²) >= 11 is 0. The molecule has 2 saturated heterocycles. The topological polar surface area (TPSA) is 97.6 Å². The first-order valence-corrected chi connectivity index (χ1v) is 12.4. The molecular formula is C25H31F2N7O3. The minimum Gasteiger partial charge on any atom is -0.444 e. The van der Waals surface area contributed by atoms with Gasteiger partial charge in [0.1, 0.15) is 17.2 Å². The van der Waals surface area contributed by atoms with Gasteiger partial charge in [-0.05, 0) is 39.3 Å². The molecule has 5 rings (SSSR count). The van der Waals surface area contributed by atoms with Crippen LogP contribution in [0.25, 0.3) is 16.9 Å². The van der Waals surface area contributed by atoms with Crippen LogP contribution in [-0.2, 0) is 9.47 Å². The Bertz CT molecular complexity index is 1270. The lowest BCUT2D eigenvalue weighted by molar-refractivity contribution is 0.0293. The zero-order valence-corrected chi connectivity index (χ0v) is 21.2. The number of benzene rings is 1. The van der Waals surface area contributed by atoms with Crippen molar-refractivity contribution in [3.63, 3.8) is 0 Å². The van der Waals surface area contributed by atoms with Crippen LogP contribution in [0.3, 0.4) is 0 Å². The second-order valence-electron chi connectivity index (χ2n) is 10.2. The van der Waals surface area contributed by atoms with Gasteiger partial charge < -0.3 is 24.6 Å². The molecule has 2 fully saturated rings. The van der Waals surface area contributed by atoms with Gasteiger partial charge in [-0.15, -0.1) is 0 Å². The zero-order chi connectivity index (χ0) is 26.2. The largest absolute Gasteiger partial charge is 0.444 e. The summed E-state index contributed by atoms with van der Waals surface area (Å²) in [7, 11) is 0. The number of morpholine rings is 1. The van der Waals surface area contributed by atoms with Crippen molar-refractivity contribution in [3.05, 3.63) is 36.2 Å². The summed E-state index contributed by atoms with van der Waals surface area (Å²) in [6.07, 6.45) is -2.48. The standard InChI is InChI=1S/C25H31F2N7O3/c1-25(2,3)37-24(35)33-9-8-16(15-33)28-23-30-19(32-10-12-36-13-11-32)14-20(31-23)34-18-7-5-4-6-17(18)29-22(34)21(26)27/h4-7,14,16,21H,8-13,15H2,1-3H3,(H,28,30,31)/t16-/m1/s1. The predicted molar refractivity (Wildman–Crippen MR) is 134 cm³/mol. The third-order valence-electron chi connectivity index (χ3n) is 6.22. The molecule has 0 bridgehead atoms. The Morgan fingerprint density at radius 2 is 1.84 bits per heavy atom. The molecule has 4 heterocycles. The smallest absolute Gasteiger partial charge is 0.410 e. The Balaban J connectivity index is 1.48. The van der Waals surface area contributed by atoms with E-state index in [1.54, 1.807) is 35.2 Å². The van der Waals surface area contributed by atoms with Crippen molar-refractivity contribution in [1.82, 2.24) is 24.4 Å². The van der Waals surface area contributed by atoms with E-state index in [4.69, 9.17) is 14.5 Å². The van der Waals surface area contributed by atoms with Crippen molar-refractivity contribution in [2.45, 2.75) is 45.3 Å². The molecule has 0 saturated carbocycles. The molecule has 0 radical (unpaired) electrons. The van der Waals surface area contributed by atoms with E-state index in [0.717, 1.165) is 0 Å². The monoisotopic (exact) mass is 515 g/mol. The number of rotatable bonds is 5. The molecule has 0 unspecified atom stereocenters. The molecule has 1 aromatic carbocycles. The Hall–Kier alpha value is -3.54. The summed E-state index contributed by atoms with van der Waals surface area (Å²) in [6.45, 7) is 8.79. The van der Waals surface area contributed by atoms with E-state index in [2.05, 4.69) is 15.3 Å². The summed E-state index contributed by atoms with van der Waals surface area (Å²) in [6, 6.07) is 8.57. The molecule has 12 heteroatoms. The zero-order valence-electron chi connectivity index (χ0n) is 21.2.